The van der Waals surface area contributed by atoms with Crippen molar-refractivity contribution >= 4 is 11.6 Å². The minimum absolute atomic E-state index is 0.256. The molecule has 1 spiro atoms. The second-order valence-corrected chi connectivity index (χ2v) is 8.62. The Balaban J connectivity index is 1.41. The molecule has 3 aromatic rings. The average Bonchev–Trinajstić information content (AvgIpc) is 3.45. The van der Waals surface area contributed by atoms with Gasteiger partial charge in [-0.2, -0.15) is 0 Å². The number of rotatable bonds is 6. The van der Waals surface area contributed by atoms with Crippen LogP contribution in [0.4, 0.5) is 4.39 Å². The van der Waals surface area contributed by atoms with Crippen LogP contribution in [0.25, 0.3) is 16.9 Å². The lowest BCUT2D eigenvalue weighted by molar-refractivity contribution is -0.136. The van der Waals surface area contributed by atoms with Crippen LogP contribution >= 0.6 is 0 Å². The Morgan fingerprint density at radius 2 is 1.94 bits per heavy atom. The summed E-state index contributed by atoms with van der Waals surface area (Å²) in [5, 5.41) is 0. The summed E-state index contributed by atoms with van der Waals surface area (Å²) in [6.45, 7) is 4.40. The molecule has 0 bridgehead atoms. The largest absolute Gasteiger partial charge is 0.383 e. The highest BCUT2D eigenvalue weighted by molar-refractivity contribution is 5.85. The number of imidazole rings is 1. The molecule has 0 saturated carbocycles. The number of likely N-dealkylation sites (tertiary alicyclic amines) is 2. The molecule has 0 N–H and O–H groups in total. The first kappa shape index (κ1) is 20.2. The Bertz CT molecular complexity index is 1100. The Morgan fingerprint density at radius 1 is 1.13 bits per heavy atom. The second-order valence-electron chi connectivity index (χ2n) is 8.62. The molecule has 1 aromatic carbocycles. The highest BCUT2D eigenvalue weighted by atomic mass is 19.1. The molecule has 1 unspecified atom stereocenters. The Morgan fingerprint density at radius 3 is 2.74 bits per heavy atom. The van der Waals surface area contributed by atoms with Crippen molar-refractivity contribution in [1.29, 1.82) is 0 Å². The van der Waals surface area contributed by atoms with E-state index in [0.29, 0.717) is 19.7 Å². The molecule has 1 amide bonds. The maximum absolute atomic E-state index is 13.5. The summed E-state index contributed by atoms with van der Waals surface area (Å²) < 4.78 is 20.7. The molecule has 2 aliphatic heterocycles. The van der Waals surface area contributed by atoms with Crippen LogP contribution in [0.1, 0.15) is 18.5 Å². The number of amides is 1. The zero-order valence-electron chi connectivity index (χ0n) is 17.8. The number of halogens is 1. The monoisotopic (exact) mass is 422 g/mol. The van der Waals surface area contributed by atoms with Gasteiger partial charge in [-0.25, -0.2) is 9.37 Å². The number of ether oxygens (including phenoxy) is 1. The van der Waals surface area contributed by atoms with Crippen molar-refractivity contribution < 1.29 is 13.9 Å². The summed E-state index contributed by atoms with van der Waals surface area (Å²) in [5.74, 6) is 0.0114. The molecular weight excluding hydrogens is 395 g/mol. The van der Waals surface area contributed by atoms with Crippen molar-refractivity contribution in [2.75, 3.05) is 39.9 Å². The maximum Gasteiger partial charge on any atom is 0.230 e. The molecule has 0 aliphatic carbocycles. The van der Waals surface area contributed by atoms with E-state index in [2.05, 4.69) is 9.30 Å². The smallest absolute Gasteiger partial charge is 0.230 e. The van der Waals surface area contributed by atoms with Crippen LogP contribution in [0.3, 0.4) is 0 Å². The number of aromatic nitrogens is 2. The number of carbonyl (C=O) groups excluding carboxylic acids is 1. The van der Waals surface area contributed by atoms with E-state index >= 15 is 0 Å². The number of hydrogen-bond donors (Lipinski definition) is 0. The van der Waals surface area contributed by atoms with Crippen LogP contribution in [0, 0.1) is 11.2 Å². The third-order valence-corrected chi connectivity index (χ3v) is 6.72. The van der Waals surface area contributed by atoms with E-state index in [1.54, 1.807) is 19.2 Å². The van der Waals surface area contributed by atoms with Crippen molar-refractivity contribution in [2.24, 2.45) is 5.41 Å². The lowest BCUT2D eigenvalue weighted by Crippen LogP contribution is -2.38. The van der Waals surface area contributed by atoms with E-state index < -0.39 is 0 Å². The molecule has 1 atom stereocenters. The van der Waals surface area contributed by atoms with Gasteiger partial charge >= 0.3 is 0 Å². The van der Waals surface area contributed by atoms with Gasteiger partial charge in [0.2, 0.25) is 5.91 Å². The normalized spacial score (nSPS) is 21.7. The van der Waals surface area contributed by atoms with Gasteiger partial charge in [-0.05, 0) is 55.8 Å². The lowest BCUT2D eigenvalue weighted by atomic mass is 9.85. The van der Waals surface area contributed by atoms with Crippen LogP contribution in [0.15, 0.2) is 48.7 Å². The number of hydrogen-bond acceptors (Lipinski definition) is 4. The van der Waals surface area contributed by atoms with Gasteiger partial charge in [-0.1, -0.05) is 6.07 Å². The average molecular weight is 423 g/mol. The third kappa shape index (κ3) is 3.62. The van der Waals surface area contributed by atoms with Gasteiger partial charge in [0.05, 0.1) is 23.4 Å². The summed E-state index contributed by atoms with van der Waals surface area (Å²) in [5.41, 5.74) is 3.43. The molecule has 6 nitrogen and oxygen atoms in total. The van der Waals surface area contributed by atoms with Crippen LogP contribution in [0.5, 0.6) is 0 Å². The van der Waals surface area contributed by atoms with Crippen molar-refractivity contribution in [3.8, 4) is 11.3 Å². The van der Waals surface area contributed by atoms with Gasteiger partial charge in [0.1, 0.15) is 11.5 Å². The summed E-state index contributed by atoms with van der Waals surface area (Å²) in [6.07, 6.45) is 3.81. The van der Waals surface area contributed by atoms with Gasteiger partial charge in [0.25, 0.3) is 0 Å². The standard InChI is InChI=1S/C24H27FN4O2/c1-31-15-14-28-13-10-24(23(28)30)9-12-27(17-24)16-20-22(18-5-7-19(25)8-6-18)26-21-4-2-3-11-29(20)21/h2-8,11H,9-10,12-17H2,1H3. The van der Waals surface area contributed by atoms with Crippen LogP contribution in [-0.4, -0.2) is 65.0 Å². The molecule has 2 aliphatic rings. The molecule has 7 heteroatoms. The molecule has 2 fully saturated rings. The van der Waals surface area contributed by atoms with E-state index in [1.165, 1.54) is 12.1 Å². The van der Waals surface area contributed by atoms with Crippen LogP contribution in [-0.2, 0) is 16.1 Å². The fourth-order valence-corrected chi connectivity index (χ4v) is 5.03. The topological polar surface area (TPSA) is 50.1 Å². The first-order valence-corrected chi connectivity index (χ1v) is 10.8. The summed E-state index contributed by atoms with van der Waals surface area (Å²) in [6, 6.07) is 12.4. The van der Waals surface area contributed by atoms with Crippen LogP contribution < -0.4 is 0 Å². The third-order valence-electron chi connectivity index (χ3n) is 6.72. The van der Waals surface area contributed by atoms with E-state index in [1.807, 2.05) is 29.3 Å². The van der Waals surface area contributed by atoms with Crippen molar-refractivity contribution in [1.82, 2.24) is 19.2 Å². The number of methoxy groups -OCH3 is 1. The predicted octanol–water partition coefficient (Wildman–Crippen LogP) is 3.21. The Kier molecular flexibility index (Phi) is 5.24. The SMILES string of the molecule is COCCN1CCC2(CCN(Cc3c(-c4ccc(F)cc4)nc4ccccn34)C2)C1=O. The fourth-order valence-electron chi connectivity index (χ4n) is 5.03. The molecule has 162 valence electrons. The van der Waals surface area contributed by atoms with Crippen LogP contribution in [0.2, 0.25) is 0 Å². The summed E-state index contributed by atoms with van der Waals surface area (Å²) in [4.78, 5) is 22.2. The minimum atomic E-state index is -0.274. The molecule has 5 rings (SSSR count). The highest BCUT2D eigenvalue weighted by Crippen LogP contribution is 2.41. The first-order valence-electron chi connectivity index (χ1n) is 10.8. The Hall–Kier alpha value is -2.77. The quantitative estimate of drug-likeness (QED) is 0.612. The number of benzene rings is 1. The van der Waals surface area contributed by atoms with E-state index in [0.717, 1.165) is 55.1 Å². The van der Waals surface area contributed by atoms with Crippen molar-refractivity contribution in [2.45, 2.75) is 19.4 Å². The van der Waals surface area contributed by atoms with E-state index in [-0.39, 0.29) is 17.1 Å². The number of pyridine rings is 1. The minimum Gasteiger partial charge on any atom is -0.383 e. The highest BCUT2D eigenvalue weighted by Gasteiger charge is 2.50. The van der Waals surface area contributed by atoms with Gasteiger partial charge in [-0.3, -0.25) is 9.69 Å². The van der Waals surface area contributed by atoms with Crippen molar-refractivity contribution in [3.63, 3.8) is 0 Å². The van der Waals surface area contributed by atoms with Crippen molar-refractivity contribution in [3.05, 3.63) is 60.2 Å². The number of carbonyl (C=O) groups is 1. The molecular formula is C24H27FN4O2. The zero-order chi connectivity index (χ0) is 21.4. The fraction of sp³-hybridized carbons (Fsp3) is 0.417. The van der Waals surface area contributed by atoms with Gasteiger partial charge in [0, 0.05) is 45.0 Å². The summed E-state index contributed by atoms with van der Waals surface area (Å²) >= 11 is 0. The van der Waals surface area contributed by atoms with E-state index in [9.17, 15) is 9.18 Å². The molecule has 0 radical (unpaired) electrons. The van der Waals surface area contributed by atoms with Gasteiger partial charge < -0.3 is 14.0 Å². The molecule has 2 saturated heterocycles. The van der Waals surface area contributed by atoms with E-state index in [4.69, 9.17) is 9.72 Å². The molecule has 4 heterocycles. The zero-order valence-corrected chi connectivity index (χ0v) is 17.8. The summed E-state index contributed by atoms with van der Waals surface area (Å²) in [7, 11) is 1.67. The molecule has 31 heavy (non-hydrogen) atoms. The lowest BCUT2D eigenvalue weighted by Gasteiger charge is -2.24. The maximum atomic E-state index is 13.5. The second kappa shape index (κ2) is 8.05. The van der Waals surface area contributed by atoms with Gasteiger partial charge in [0.15, 0.2) is 0 Å². The predicted molar refractivity (Wildman–Crippen MR) is 116 cm³/mol. The Labute approximate surface area is 181 Å². The number of nitrogens with zero attached hydrogens (tertiary/aromatic N) is 4. The first-order chi connectivity index (χ1) is 15.1. The van der Waals surface area contributed by atoms with Gasteiger partial charge in [-0.15, -0.1) is 0 Å². The molecule has 2 aromatic heterocycles. The number of fused-ring (bicyclic) bond motifs is 1.